The molecule has 0 aliphatic heterocycles. The molecule has 3 atom stereocenters. The van der Waals surface area contributed by atoms with Gasteiger partial charge in [0.05, 0.1) is 39.9 Å². The maximum atomic E-state index is 12.9. The first-order valence-corrected chi connectivity index (χ1v) is 31.3. The Hall–Kier alpha value is -2.84. The SMILES string of the molecule is CC/C=C\C/C=C\C/C=C\C/C=C\C/C=C\C/C=C\CCCCCCCCCCCCCCCCCCCCCCCCC(=O)NC(COP(=O)(O)OCC[N+](C)(C)C)C(O)/C=C/CC/C=C/CC/C=C/CC. The summed E-state index contributed by atoms with van der Waals surface area (Å²) >= 11 is 0. The highest BCUT2D eigenvalue weighted by Crippen LogP contribution is 2.43. The van der Waals surface area contributed by atoms with Crippen LogP contribution in [0.5, 0.6) is 0 Å². The minimum atomic E-state index is -4.35. The van der Waals surface area contributed by atoms with Gasteiger partial charge in [-0.1, -0.05) is 252 Å². The highest BCUT2D eigenvalue weighted by atomic mass is 31.2. The van der Waals surface area contributed by atoms with Crippen LogP contribution in [-0.2, 0) is 18.4 Å². The molecular weight excluding hydrogens is 924 g/mol. The maximum absolute atomic E-state index is 12.9. The number of hydrogen-bond acceptors (Lipinski definition) is 5. The molecule has 0 aromatic carbocycles. The zero-order chi connectivity index (χ0) is 53.5. The first kappa shape index (κ1) is 70.2. The standard InChI is InChI=1S/C64H113N2O6P/c1-6-8-10-12-14-16-18-19-20-21-22-23-24-25-26-27-28-29-30-31-32-33-34-35-36-37-38-39-40-41-42-43-44-45-46-47-48-50-52-54-56-58-64(68)65-62(61-72-73(69,70)71-60-59-66(3,4)5)63(67)57-55-53-51-49-17-15-13-11-9-7-2/h8-11,14,16-17,19-20,22-23,25-26,28-29,49,55,57,62-63,67H,6-7,12-13,15,18,21,24,27,30-48,50-54,56,58-61H2,1-5H3,(H-,65,68,69,70)/p+1/b10-8-,11-9+,16-14-,20-19-,23-22-,26-25-,29-28-,49-17+,57-55+. The summed E-state index contributed by atoms with van der Waals surface area (Å²) in [6.45, 7) is 4.54. The Morgan fingerprint density at radius 1 is 0.466 bits per heavy atom. The van der Waals surface area contributed by atoms with E-state index in [1.807, 2.05) is 27.2 Å². The van der Waals surface area contributed by atoms with Crippen LogP contribution >= 0.6 is 7.82 Å². The molecule has 0 aromatic rings. The van der Waals surface area contributed by atoms with Gasteiger partial charge in [-0.05, 0) is 89.9 Å². The smallest absolute Gasteiger partial charge is 0.387 e. The van der Waals surface area contributed by atoms with Gasteiger partial charge in [0, 0.05) is 6.42 Å². The number of amides is 1. The molecule has 0 radical (unpaired) electrons. The van der Waals surface area contributed by atoms with E-state index in [4.69, 9.17) is 9.05 Å². The zero-order valence-electron chi connectivity index (χ0n) is 47.8. The fourth-order valence-electron chi connectivity index (χ4n) is 8.14. The van der Waals surface area contributed by atoms with Crippen LogP contribution in [0.15, 0.2) is 109 Å². The fraction of sp³-hybridized carbons (Fsp3) is 0.703. The lowest BCUT2D eigenvalue weighted by molar-refractivity contribution is -0.870. The Balaban J connectivity index is 3.87. The summed E-state index contributed by atoms with van der Waals surface area (Å²) in [5, 5.41) is 13.8. The lowest BCUT2D eigenvalue weighted by Crippen LogP contribution is -2.45. The van der Waals surface area contributed by atoms with Crippen LogP contribution in [-0.4, -0.2) is 73.4 Å². The first-order valence-electron chi connectivity index (χ1n) is 29.8. The number of carbonyl (C=O) groups excluding carboxylic acids is 1. The summed E-state index contributed by atoms with van der Waals surface area (Å²) in [6.07, 6.45) is 79.6. The molecule has 1 amide bonds. The molecule has 0 saturated carbocycles. The molecule has 0 aromatic heterocycles. The van der Waals surface area contributed by atoms with Crippen LogP contribution in [0.4, 0.5) is 0 Å². The zero-order valence-corrected chi connectivity index (χ0v) is 48.7. The Kier molecular flexibility index (Phi) is 51.9. The molecule has 0 aliphatic rings. The molecule has 0 fully saturated rings. The third-order valence-corrected chi connectivity index (χ3v) is 13.7. The average molecular weight is 1040 g/mol. The van der Waals surface area contributed by atoms with Crippen molar-refractivity contribution in [3.05, 3.63) is 109 Å². The van der Waals surface area contributed by atoms with Gasteiger partial charge in [0.25, 0.3) is 0 Å². The molecular formula is C64H114N2O6P+. The number of nitrogens with zero attached hydrogens (tertiary/aromatic N) is 1. The number of unbranched alkanes of at least 4 members (excludes halogenated alkanes) is 24. The second kappa shape index (κ2) is 54.0. The number of quaternary nitrogens is 1. The van der Waals surface area contributed by atoms with E-state index >= 15 is 0 Å². The number of carbonyl (C=O) groups is 1. The number of hydrogen-bond donors (Lipinski definition) is 3. The molecule has 0 saturated heterocycles. The number of aliphatic hydroxyl groups is 1. The van der Waals surface area contributed by atoms with Crippen LogP contribution in [0.25, 0.3) is 0 Å². The molecule has 0 spiro atoms. The Morgan fingerprint density at radius 3 is 1.21 bits per heavy atom. The van der Waals surface area contributed by atoms with Crippen molar-refractivity contribution in [2.24, 2.45) is 0 Å². The van der Waals surface area contributed by atoms with Gasteiger partial charge in [-0.15, -0.1) is 0 Å². The van der Waals surface area contributed by atoms with Gasteiger partial charge >= 0.3 is 7.82 Å². The Morgan fingerprint density at radius 2 is 0.795 bits per heavy atom. The number of phosphoric acid groups is 1. The van der Waals surface area contributed by atoms with E-state index in [0.717, 1.165) is 89.9 Å². The molecule has 0 aliphatic carbocycles. The van der Waals surface area contributed by atoms with Crippen molar-refractivity contribution in [1.29, 1.82) is 0 Å². The molecule has 0 rings (SSSR count). The van der Waals surface area contributed by atoms with Gasteiger partial charge in [-0.3, -0.25) is 13.8 Å². The molecule has 3 N–H and O–H groups in total. The minimum Gasteiger partial charge on any atom is -0.387 e. The lowest BCUT2D eigenvalue weighted by Gasteiger charge is -2.25. The van der Waals surface area contributed by atoms with Gasteiger partial charge in [0.1, 0.15) is 13.2 Å². The largest absolute Gasteiger partial charge is 0.472 e. The van der Waals surface area contributed by atoms with E-state index in [1.54, 1.807) is 6.08 Å². The third kappa shape index (κ3) is 56.7. The molecule has 8 nitrogen and oxygen atoms in total. The van der Waals surface area contributed by atoms with Gasteiger partial charge in [0.15, 0.2) is 0 Å². The van der Waals surface area contributed by atoms with Crippen LogP contribution < -0.4 is 5.32 Å². The number of nitrogens with one attached hydrogen (secondary N) is 1. The van der Waals surface area contributed by atoms with E-state index in [2.05, 4.69) is 116 Å². The minimum absolute atomic E-state index is 0.0508. The van der Waals surface area contributed by atoms with Crippen LogP contribution in [0.2, 0.25) is 0 Å². The van der Waals surface area contributed by atoms with Crippen molar-refractivity contribution >= 4 is 13.7 Å². The first-order chi connectivity index (χ1) is 35.5. The molecule has 0 heterocycles. The normalized spacial score (nSPS) is 14.7. The predicted molar refractivity (Wildman–Crippen MR) is 318 cm³/mol. The predicted octanol–water partition coefficient (Wildman–Crippen LogP) is 18.4. The number of phosphoric ester groups is 1. The summed E-state index contributed by atoms with van der Waals surface area (Å²) in [5.41, 5.74) is 0. The van der Waals surface area contributed by atoms with E-state index in [-0.39, 0.29) is 19.1 Å². The Labute approximate surface area is 451 Å². The van der Waals surface area contributed by atoms with Crippen molar-refractivity contribution in [2.75, 3.05) is 40.9 Å². The molecule has 9 heteroatoms. The number of allylic oxidation sites excluding steroid dienone is 17. The van der Waals surface area contributed by atoms with E-state index < -0.39 is 20.0 Å². The third-order valence-electron chi connectivity index (χ3n) is 12.7. The van der Waals surface area contributed by atoms with Gasteiger partial charge in [-0.25, -0.2) is 4.57 Å². The number of likely N-dealkylation sites (N-methyl/N-ethyl adjacent to an activating group) is 1. The van der Waals surface area contributed by atoms with Gasteiger partial charge < -0.3 is 19.8 Å². The average Bonchev–Trinajstić information content (AvgIpc) is 3.35. The van der Waals surface area contributed by atoms with E-state index in [0.29, 0.717) is 17.4 Å². The molecule has 0 bridgehead atoms. The van der Waals surface area contributed by atoms with Crippen molar-refractivity contribution in [1.82, 2.24) is 5.32 Å². The van der Waals surface area contributed by atoms with Gasteiger partial charge in [0.2, 0.25) is 5.91 Å². The summed E-state index contributed by atoms with van der Waals surface area (Å²) in [6, 6.07) is -0.871. The monoisotopic (exact) mass is 1040 g/mol. The summed E-state index contributed by atoms with van der Waals surface area (Å²) in [4.78, 5) is 23.2. The van der Waals surface area contributed by atoms with Crippen LogP contribution in [0.3, 0.4) is 0 Å². The highest BCUT2D eigenvalue weighted by molar-refractivity contribution is 7.47. The molecule has 73 heavy (non-hydrogen) atoms. The molecule has 420 valence electrons. The number of rotatable bonds is 53. The fourth-order valence-corrected chi connectivity index (χ4v) is 8.88. The maximum Gasteiger partial charge on any atom is 0.472 e. The summed E-state index contributed by atoms with van der Waals surface area (Å²) in [7, 11) is 1.54. The van der Waals surface area contributed by atoms with E-state index in [9.17, 15) is 19.4 Å². The van der Waals surface area contributed by atoms with Crippen LogP contribution in [0.1, 0.15) is 239 Å². The van der Waals surface area contributed by atoms with Crippen molar-refractivity contribution < 1.29 is 32.9 Å². The quantitative estimate of drug-likeness (QED) is 0.0243. The second-order valence-corrected chi connectivity index (χ2v) is 22.4. The van der Waals surface area contributed by atoms with Gasteiger partial charge in [-0.2, -0.15) is 0 Å². The summed E-state index contributed by atoms with van der Waals surface area (Å²) < 4.78 is 23.6. The number of aliphatic hydroxyl groups excluding tert-OH is 1. The van der Waals surface area contributed by atoms with Crippen molar-refractivity contribution in [3.8, 4) is 0 Å². The topological polar surface area (TPSA) is 105 Å². The van der Waals surface area contributed by atoms with Crippen LogP contribution in [0, 0.1) is 0 Å². The lowest BCUT2D eigenvalue weighted by atomic mass is 10.0. The summed E-state index contributed by atoms with van der Waals surface area (Å²) in [5.74, 6) is -0.194. The second-order valence-electron chi connectivity index (χ2n) is 20.9. The van der Waals surface area contributed by atoms with Crippen molar-refractivity contribution in [3.63, 3.8) is 0 Å². The van der Waals surface area contributed by atoms with Crippen molar-refractivity contribution in [2.45, 2.75) is 251 Å². The molecule has 3 unspecified atom stereocenters. The Bertz CT molecular complexity index is 1550. The highest BCUT2D eigenvalue weighted by Gasteiger charge is 2.27. The van der Waals surface area contributed by atoms with E-state index in [1.165, 1.54) is 128 Å².